The minimum Gasteiger partial charge on any atom is -0.275 e. The molecule has 0 saturated heterocycles. The number of amides is 1. The molecule has 0 spiro atoms. The largest absolute Gasteiger partial charge is 0.275 e. The van der Waals surface area contributed by atoms with Gasteiger partial charge in [-0.25, -0.2) is 17.5 Å². The van der Waals surface area contributed by atoms with Crippen molar-refractivity contribution in [2.45, 2.75) is 24.2 Å². The summed E-state index contributed by atoms with van der Waals surface area (Å²) in [5, 5.41) is 11.2. The van der Waals surface area contributed by atoms with E-state index in [1.807, 2.05) is 6.92 Å². The summed E-state index contributed by atoms with van der Waals surface area (Å²) >= 11 is 0. The van der Waals surface area contributed by atoms with Gasteiger partial charge in [0.05, 0.1) is 29.2 Å². The second kappa shape index (κ2) is 7.27. The highest BCUT2D eigenvalue weighted by Crippen LogP contribution is 2.51. The summed E-state index contributed by atoms with van der Waals surface area (Å²) in [5.41, 5.74) is 2.64. The molecule has 1 aliphatic rings. The van der Waals surface area contributed by atoms with Crippen LogP contribution in [0.25, 0.3) is 10.9 Å². The molecule has 1 amide bonds. The highest BCUT2D eigenvalue weighted by Gasteiger charge is 2.47. The lowest BCUT2D eigenvalue weighted by atomic mass is 10.1. The van der Waals surface area contributed by atoms with E-state index in [1.165, 1.54) is 16.1 Å². The van der Waals surface area contributed by atoms with Crippen molar-refractivity contribution >= 4 is 26.8 Å². The molecule has 2 atom stereocenters. The Bertz CT molecular complexity index is 1290. The minimum absolute atomic E-state index is 0.124. The number of aromatic nitrogens is 1. The van der Waals surface area contributed by atoms with Crippen molar-refractivity contribution in [2.75, 3.05) is 14.2 Å². The number of benzene rings is 2. The SMILES string of the molecule is CON(C)C(=O)[C@H]1C[C@@H]1c1cn(S(=O)(=O)c2ccc(C)cc2)c2ccc(C#N)cc12. The Kier molecular flexibility index (Phi) is 4.88. The molecule has 7 nitrogen and oxygen atoms in total. The van der Waals surface area contributed by atoms with Gasteiger partial charge in [-0.15, -0.1) is 0 Å². The van der Waals surface area contributed by atoms with Crippen LogP contribution in [0, 0.1) is 24.2 Å². The molecular weight excluding hydrogens is 402 g/mol. The van der Waals surface area contributed by atoms with Crippen molar-refractivity contribution < 1.29 is 18.0 Å². The molecule has 2 aromatic carbocycles. The predicted octanol–water partition coefficient (Wildman–Crippen LogP) is 3.18. The summed E-state index contributed by atoms with van der Waals surface area (Å²) in [4.78, 5) is 17.6. The summed E-state index contributed by atoms with van der Waals surface area (Å²) in [6.07, 6.45) is 2.19. The zero-order chi connectivity index (χ0) is 21.6. The number of carbonyl (C=O) groups excluding carboxylic acids is 1. The van der Waals surface area contributed by atoms with Crippen LogP contribution in [0.4, 0.5) is 0 Å². The Morgan fingerprint density at radius 3 is 2.57 bits per heavy atom. The van der Waals surface area contributed by atoms with Crippen molar-refractivity contribution in [2.24, 2.45) is 5.92 Å². The van der Waals surface area contributed by atoms with Crippen LogP contribution >= 0.6 is 0 Å². The van der Waals surface area contributed by atoms with Crippen LogP contribution in [0.15, 0.2) is 53.6 Å². The number of aryl methyl sites for hydroxylation is 1. The summed E-state index contributed by atoms with van der Waals surface area (Å²) in [7, 11) is -0.855. The number of hydrogen-bond acceptors (Lipinski definition) is 5. The molecule has 1 fully saturated rings. The molecule has 0 bridgehead atoms. The molecule has 1 aromatic heterocycles. The van der Waals surface area contributed by atoms with Gasteiger partial charge >= 0.3 is 0 Å². The molecule has 0 unspecified atom stereocenters. The van der Waals surface area contributed by atoms with Crippen molar-refractivity contribution in [1.82, 2.24) is 9.04 Å². The van der Waals surface area contributed by atoms with Crippen molar-refractivity contribution in [1.29, 1.82) is 5.26 Å². The van der Waals surface area contributed by atoms with Gasteiger partial charge in [-0.2, -0.15) is 5.26 Å². The fourth-order valence-corrected chi connectivity index (χ4v) is 5.13. The maximum Gasteiger partial charge on any atom is 0.268 e. The highest BCUT2D eigenvalue weighted by molar-refractivity contribution is 7.90. The number of nitrogens with zero attached hydrogens (tertiary/aromatic N) is 3. The summed E-state index contributed by atoms with van der Waals surface area (Å²) < 4.78 is 27.9. The quantitative estimate of drug-likeness (QED) is 0.588. The molecule has 8 heteroatoms. The third-order valence-corrected chi connectivity index (χ3v) is 7.29. The fourth-order valence-electron chi connectivity index (χ4n) is 3.75. The van der Waals surface area contributed by atoms with E-state index in [1.54, 1.807) is 55.7 Å². The Balaban J connectivity index is 1.84. The van der Waals surface area contributed by atoms with Crippen molar-refractivity contribution in [3.8, 4) is 6.07 Å². The van der Waals surface area contributed by atoms with Crippen LogP contribution in [-0.4, -0.2) is 37.5 Å². The number of hydroxylamine groups is 2. The van der Waals surface area contributed by atoms with Crippen molar-refractivity contribution in [3.63, 3.8) is 0 Å². The van der Waals surface area contributed by atoms with Crippen LogP contribution in [-0.2, 0) is 19.7 Å². The second-order valence-corrected chi connectivity index (χ2v) is 9.32. The van der Waals surface area contributed by atoms with Crippen LogP contribution in [0.3, 0.4) is 0 Å². The molecule has 0 radical (unpaired) electrons. The van der Waals surface area contributed by atoms with Crippen LogP contribution in [0.5, 0.6) is 0 Å². The molecule has 1 saturated carbocycles. The van der Waals surface area contributed by atoms with E-state index in [4.69, 9.17) is 4.84 Å². The zero-order valence-corrected chi connectivity index (χ0v) is 17.7. The fraction of sp³-hybridized carbons (Fsp3) is 0.273. The molecule has 30 heavy (non-hydrogen) atoms. The van der Waals surface area contributed by atoms with E-state index in [2.05, 4.69) is 6.07 Å². The predicted molar refractivity (Wildman–Crippen MR) is 111 cm³/mol. The lowest BCUT2D eigenvalue weighted by Crippen LogP contribution is -2.27. The van der Waals surface area contributed by atoms with Crippen LogP contribution in [0.1, 0.15) is 29.0 Å². The molecule has 1 heterocycles. The van der Waals surface area contributed by atoms with Gasteiger partial charge in [-0.3, -0.25) is 9.63 Å². The standard InChI is InChI=1S/C22H21N3O4S/c1-14-4-7-16(8-5-14)30(27,28)25-13-20(17-11-19(17)22(26)24(2)29-3)18-10-15(12-23)6-9-21(18)25/h4-10,13,17,19H,11H2,1-3H3/t17-,19-/m0/s1. The van der Waals surface area contributed by atoms with Crippen LogP contribution < -0.4 is 0 Å². The molecule has 154 valence electrons. The Labute approximate surface area is 175 Å². The minimum atomic E-state index is -3.83. The summed E-state index contributed by atoms with van der Waals surface area (Å²) in [5.74, 6) is -0.552. The Hall–Kier alpha value is -3.15. The van der Waals surface area contributed by atoms with Gasteiger partial charge in [0, 0.05) is 24.5 Å². The lowest BCUT2D eigenvalue weighted by Gasteiger charge is -2.13. The van der Waals surface area contributed by atoms with Gasteiger partial charge in [0.15, 0.2) is 0 Å². The van der Waals surface area contributed by atoms with Gasteiger partial charge in [0.2, 0.25) is 5.91 Å². The maximum absolute atomic E-state index is 13.3. The first kappa shape index (κ1) is 20.1. The van der Waals surface area contributed by atoms with E-state index in [0.29, 0.717) is 22.9 Å². The number of hydrogen-bond donors (Lipinski definition) is 0. The number of carbonyl (C=O) groups is 1. The van der Waals surface area contributed by atoms with E-state index < -0.39 is 10.0 Å². The molecule has 0 aliphatic heterocycles. The van der Waals surface area contributed by atoms with Crippen molar-refractivity contribution in [3.05, 3.63) is 65.4 Å². The average Bonchev–Trinajstić information content (AvgIpc) is 3.45. The normalized spacial score (nSPS) is 18.2. The molecule has 1 aliphatic carbocycles. The first-order valence-electron chi connectivity index (χ1n) is 9.47. The van der Waals surface area contributed by atoms with Gasteiger partial charge in [-0.05, 0) is 55.2 Å². The number of rotatable bonds is 5. The lowest BCUT2D eigenvalue weighted by molar-refractivity contribution is -0.170. The van der Waals surface area contributed by atoms with E-state index in [9.17, 15) is 18.5 Å². The van der Waals surface area contributed by atoms with E-state index in [-0.39, 0.29) is 22.6 Å². The molecule has 3 aromatic rings. The van der Waals surface area contributed by atoms with Gasteiger partial charge < -0.3 is 0 Å². The van der Waals surface area contributed by atoms with E-state index >= 15 is 0 Å². The average molecular weight is 423 g/mol. The number of nitriles is 1. The summed E-state index contributed by atoms with van der Waals surface area (Å²) in [6, 6.07) is 13.7. The smallest absolute Gasteiger partial charge is 0.268 e. The molecule has 4 rings (SSSR count). The molecular formula is C22H21N3O4S. The molecule has 0 N–H and O–H groups in total. The first-order chi connectivity index (χ1) is 14.3. The van der Waals surface area contributed by atoms with E-state index in [0.717, 1.165) is 11.1 Å². The van der Waals surface area contributed by atoms with Gasteiger partial charge in [0.25, 0.3) is 10.0 Å². The van der Waals surface area contributed by atoms with Gasteiger partial charge in [0.1, 0.15) is 0 Å². The van der Waals surface area contributed by atoms with Gasteiger partial charge in [-0.1, -0.05) is 17.7 Å². The summed E-state index contributed by atoms with van der Waals surface area (Å²) in [6.45, 7) is 1.89. The topological polar surface area (TPSA) is 92.4 Å². The monoisotopic (exact) mass is 423 g/mol. The Morgan fingerprint density at radius 2 is 1.93 bits per heavy atom. The Morgan fingerprint density at radius 1 is 1.23 bits per heavy atom. The maximum atomic E-state index is 13.3. The first-order valence-corrected chi connectivity index (χ1v) is 10.9. The van der Waals surface area contributed by atoms with Crippen LogP contribution in [0.2, 0.25) is 0 Å². The highest BCUT2D eigenvalue weighted by atomic mass is 32.2. The third kappa shape index (κ3) is 3.26. The third-order valence-electron chi connectivity index (χ3n) is 5.60. The number of fused-ring (bicyclic) bond motifs is 1. The zero-order valence-electron chi connectivity index (χ0n) is 16.9. The second-order valence-electron chi connectivity index (χ2n) is 7.51.